The fourth-order valence-electron chi connectivity index (χ4n) is 1.20. The standard InChI is InChI=1S/C10H9OS/c1-7-5-8-6-9(12-2)3-4-10(8)11-7/h3-6H,1H2,2H3. The molecule has 0 N–H and O–H groups in total. The van der Waals surface area contributed by atoms with Crippen LogP contribution in [0.15, 0.2) is 33.6 Å². The van der Waals surface area contributed by atoms with Crippen molar-refractivity contribution < 1.29 is 4.42 Å². The van der Waals surface area contributed by atoms with Crippen LogP contribution in [0.2, 0.25) is 0 Å². The minimum absolute atomic E-state index is 0.725. The molecular weight excluding hydrogens is 168 g/mol. The molecule has 1 radical (unpaired) electrons. The molecule has 0 saturated carbocycles. The van der Waals surface area contributed by atoms with Crippen molar-refractivity contribution in [1.29, 1.82) is 0 Å². The van der Waals surface area contributed by atoms with E-state index < -0.39 is 0 Å². The number of hydrogen-bond donors (Lipinski definition) is 0. The zero-order valence-corrected chi connectivity index (χ0v) is 7.65. The van der Waals surface area contributed by atoms with Crippen molar-refractivity contribution in [2.45, 2.75) is 4.90 Å². The van der Waals surface area contributed by atoms with Crippen LogP contribution in [0.3, 0.4) is 0 Å². The average Bonchev–Trinajstić information content (AvgIpc) is 2.43. The highest BCUT2D eigenvalue weighted by molar-refractivity contribution is 7.98. The highest BCUT2D eigenvalue weighted by atomic mass is 32.2. The van der Waals surface area contributed by atoms with Crippen molar-refractivity contribution in [2.75, 3.05) is 6.26 Å². The molecule has 0 aliphatic rings. The lowest BCUT2D eigenvalue weighted by Crippen LogP contribution is -1.67. The highest BCUT2D eigenvalue weighted by Crippen LogP contribution is 2.24. The van der Waals surface area contributed by atoms with Gasteiger partial charge in [0.15, 0.2) is 0 Å². The lowest BCUT2D eigenvalue weighted by molar-refractivity contribution is 0.595. The summed E-state index contributed by atoms with van der Waals surface area (Å²) in [7, 11) is 0. The lowest BCUT2D eigenvalue weighted by Gasteiger charge is -1.93. The zero-order valence-electron chi connectivity index (χ0n) is 6.83. The minimum Gasteiger partial charge on any atom is -0.461 e. The molecule has 12 heavy (non-hydrogen) atoms. The summed E-state index contributed by atoms with van der Waals surface area (Å²) in [5, 5.41) is 1.13. The van der Waals surface area contributed by atoms with Crippen molar-refractivity contribution in [3.05, 3.63) is 36.9 Å². The van der Waals surface area contributed by atoms with Gasteiger partial charge in [0.25, 0.3) is 0 Å². The average molecular weight is 177 g/mol. The fraction of sp³-hybridized carbons (Fsp3) is 0.100. The van der Waals surface area contributed by atoms with E-state index in [1.54, 1.807) is 11.8 Å². The molecule has 0 atom stereocenters. The van der Waals surface area contributed by atoms with Gasteiger partial charge in [0.2, 0.25) is 0 Å². The number of thioether (sulfide) groups is 1. The third-order valence-corrected chi connectivity index (χ3v) is 2.50. The number of rotatable bonds is 1. The summed E-state index contributed by atoms with van der Waals surface area (Å²) >= 11 is 1.73. The van der Waals surface area contributed by atoms with Gasteiger partial charge < -0.3 is 4.42 Å². The van der Waals surface area contributed by atoms with Crippen molar-refractivity contribution in [1.82, 2.24) is 0 Å². The first-order chi connectivity index (χ1) is 5.79. The van der Waals surface area contributed by atoms with Crippen LogP contribution >= 0.6 is 11.8 Å². The van der Waals surface area contributed by atoms with Crippen molar-refractivity contribution >= 4 is 22.7 Å². The van der Waals surface area contributed by atoms with Gasteiger partial charge in [-0.25, -0.2) is 0 Å². The van der Waals surface area contributed by atoms with Crippen LogP contribution < -0.4 is 0 Å². The van der Waals surface area contributed by atoms with Crippen molar-refractivity contribution in [3.8, 4) is 0 Å². The first-order valence-electron chi connectivity index (χ1n) is 3.69. The van der Waals surface area contributed by atoms with Crippen LogP contribution in [-0.4, -0.2) is 6.26 Å². The summed E-state index contributed by atoms with van der Waals surface area (Å²) in [6, 6.07) is 8.10. The SMILES string of the molecule is [CH2]c1cc2cc(SC)ccc2o1. The van der Waals surface area contributed by atoms with E-state index in [1.165, 1.54) is 4.90 Å². The molecule has 2 rings (SSSR count). The van der Waals surface area contributed by atoms with Crippen LogP contribution in [0.25, 0.3) is 11.0 Å². The quantitative estimate of drug-likeness (QED) is 0.620. The zero-order chi connectivity index (χ0) is 8.55. The van der Waals surface area contributed by atoms with E-state index in [0.717, 1.165) is 16.7 Å². The first kappa shape index (κ1) is 7.74. The molecule has 61 valence electrons. The molecule has 0 fully saturated rings. The normalized spacial score (nSPS) is 10.8. The Morgan fingerprint density at radius 2 is 2.17 bits per heavy atom. The summed E-state index contributed by atoms with van der Waals surface area (Å²) in [6.07, 6.45) is 2.06. The fourth-order valence-corrected chi connectivity index (χ4v) is 1.65. The minimum atomic E-state index is 0.725. The molecule has 1 aromatic heterocycles. The smallest absolute Gasteiger partial charge is 0.134 e. The third kappa shape index (κ3) is 1.23. The monoisotopic (exact) mass is 177 g/mol. The second-order valence-corrected chi connectivity index (χ2v) is 3.50. The maximum Gasteiger partial charge on any atom is 0.134 e. The van der Waals surface area contributed by atoms with Crippen LogP contribution in [-0.2, 0) is 0 Å². The van der Waals surface area contributed by atoms with E-state index in [-0.39, 0.29) is 0 Å². The van der Waals surface area contributed by atoms with E-state index in [2.05, 4.69) is 25.3 Å². The first-order valence-corrected chi connectivity index (χ1v) is 4.91. The molecule has 1 nitrogen and oxygen atoms in total. The van der Waals surface area contributed by atoms with Gasteiger partial charge in [-0.1, -0.05) is 0 Å². The van der Waals surface area contributed by atoms with Gasteiger partial charge in [-0.3, -0.25) is 0 Å². The summed E-state index contributed by atoms with van der Waals surface area (Å²) in [4.78, 5) is 1.25. The predicted molar refractivity (Wildman–Crippen MR) is 52.5 cm³/mol. The van der Waals surface area contributed by atoms with E-state index in [1.807, 2.05) is 12.1 Å². The lowest BCUT2D eigenvalue weighted by atomic mass is 10.2. The Morgan fingerprint density at radius 3 is 2.92 bits per heavy atom. The molecule has 0 amide bonds. The summed E-state index contributed by atoms with van der Waals surface area (Å²) in [5.74, 6) is 0.725. The maximum atomic E-state index is 5.35. The molecule has 0 spiro atoms. The Hall–Kier alpha value is -0.890. The van der Waals surface area contributed by atoms with Gasteiger partial charge in [-0.05, 0) is 30.5 Å². The Labute approximate surface area is 75.8 Å². The van der Waals surface area contributed by atoms with E-state index >= 15 is 0 Å². The molecular formula is C10H9OS. The summed E-state index contributed by atoms with van der Waals surface area (Å²) in [6.45, 7) is 3.74. The van der Waals surface area contributed by atoms with Crippen molar-refractivity contribution in [2.24, 2.45) is 0 Å². The Morgan fingerprint density at radius 1 is 1.33 bits per heavy atom. The molecule has 0 aliphatic heterocycles. The molecule has 1 aromatic carbocycles. The maximum absolute atomic E-state index is 5.35. The Bertz CT molecular complexity index is 403. The number of fused-ring (bicyclic) bond motifs is 1. The van der Waals surface area contributed by atoms with Crippen molar-refractivity contribution in [3.63, 3.8) is 0 Å². The number of benzene rings is 1. The molecule has 2 aromatic rings. The molecule has 0 bridgehead atoms. The van der Waals surface area contributed by atoms with Gasteiger partial charge in [0, 0.05) is 17.2 Å². The topological polar surface area (TPSA) is 13.1 Å². The Kier molecular flexibility index (Phi) is 1.85. The van der Waals surface area contributed by atoms with E-state index in [9.17, 15) is 0 Å². The molecule has 0 aliphatic carbocycles. The van der Waals surface area contributed by atoms with Gasteiger partial charge >= 0.3 is 0 Å². The van der Waals surface area contributed by atoms with Gasteiger partial charge in [0.1, 0.15) is 11.3 Å². The molecule has 0 saturated heterocycles. The summed E-state index contributed by atoms with van der Waals surface area (Å²) < 4.78 is 5.35. The molecule has 0 unspecified atom stereocenters. The van der Waals surface area contributed by atoms with E-state index in [4.69, 9.17) is 4.42 Å². The number of furan rings is 1. The predicted octanol–water partition coefficient (Wildman–Crippen LogP) is 3.34. The highest BCUT2D eigenvalue weighted by Gasteiger charge is 1.99. The second kappa shape index (κ2) is 2.87. The van der Waals surface area contributed by atoms with Crippen LogP contribution in [0.5, 0.6) is 0 Å². The van der Waals surface area contributed by atoms with Crippen LogP contribution in [0.4, 0.5) is 0 Å². The van der Waals surface area contributed by atoms with E-state index in [0.29, 0.717) is 0 Å². The second-order valence-electron chi connectivity index (χ2n) is 2.62. The van der Waals surface area contributed by atoms with Gasteiger partial charge in [0.05, 0.1) is 0 Å². The summed E-state index contributed by atoms with van der Waals surface area (Å²) in [5.41, 5.74) is 0.915. The third-order valence-electron chi connectivity index (χ3n) is 1.77. The van der Waals surface area contributed by atoms with Gasteiger partial charge in [-0.15, -0.1) is 11.8 Å². The molecule has 1 heterocycles. The Balaban J connectivity index is 2.66. The molecule has 2 heteroatoms. The van der Waals surface area contributed by atoms with Gasteiger partial charge in [-0.2, -0.15) is 0 Å². The van der Waals surface area contributed by atoms with Crippen LogP contribution in [0.1, 0.15) is 5.76 Å². The largest absolute Gasteiger partial charge is 0.461 e. The van der Waals surface area contributed by atoms with Crippen LogP contribution in [0, 0.1) is 6.92 Å². The number of hydrogen-bond acceptors (Lipinski definition) is 2.